The lowest BCUT2D eigenvalue weighted by Gasteiger charge is -2.42. The molecule has 34 heavy (non-hydrogen) atoms. The van der Waals surface area contributed by atoms with Gasteiger partial charge in [0.1, 0.15) is 0 Å². The van der Waals surface area contributed by atoms with Crippen LogP contribution in [0.4, 0.5) is 79.0 Å². The van der Waals surface area contributed by atoms with E-state index in [9.17, 15) is 79.0 Å². The summed E-state index contributed by atoms with van der Waals surface area (Å²) in [5, 5.41) is -1.38. The predicted molar refractivity (Wildman–Crippen MR) is 75.6 cm³/mol. The highest BCUT2D eigenvalue weighted by Gasteiger charge is 2.87. The third-order valence-electron chi connectivity index (χ3n) is 3.99. The van der Waals surface area contributed by atoms with E-state index in [0.717, 1.165) is 0 Å². The van der Waals surface area contributed by atoms with E-state index >= 15 is 0 Å². The Morgan fingerprint density at radius 1 is 0.441 bits per heavy atom. The van der Waals surface area contributed by atoms with Crippen molar-refractivity contribution in [3.05, 3.63) is 0 Å². The largest absolute Gasteiger partial charge is 0.435 e. The lowest BCUT2D eigenvalue weighted by molar-refractivity contribution is -0.466. The fraction of sp³-hybridized carbons (Fsp3) is 1.00. The van der Waals surface area contributed by atoms with Crippen LogP contribution in [0.2, 0.25) is 0 Å². The Kier molecular flexibility index (Phi) is 8.99. The second-order valence-electron chi connectivity index (χ2n) is 6.87. The van der Waals surface area contributed by atoms with Gasteiger partial charge in [-0.2, -0.15) is 79.0 Å². The third kappa shape index (κ3) is 5.75. The highest BCUT2D eigenvalue weighted by molar-refractivity contribution is 9.09. The number of ether oxygens (including phenoxy) is 2. The van der Waals surface area contributed by atoms with Gasteiger partial charge in [-0.3, -0.25) is 0 Å². The van der Waals surface area contributed by atoms with Gasteiger partial charge in [-0.15, -0.1) is 0 Å². The Bertz CT molecular complexity index is 553. The predicted octanol–water partition coefficient (Wildman–Crippen LogP) is 7.27. The standard InChI is InChI=1S/C13H9BrF18O2/c1-5(2-14,3-33-6(8(15,16)17,9(18,19)20)10(21,22)23)4-34-7(11(24,25)26,12(27,28)29)13(30,31)32/h2-4H2,1H3. The summed E-state index contributed by atoms with van der Waals surface area (Å²) in [5.74, 6) is 0. The lowest BCUT2D eigenvalue weighted by Crippen LogP contribution is -2.69. The minimum Gasteiger partial charge on any atom is -0.350 e. The highest BCUT2D eigenvalue weighted by Crippen LogP contribution is 2.57. The van der Waals surface area contributed by atoms with E-state index in [-0.39, 0.29) is 6.92 Å². The van der Waals surface area contributed by atoms with Crippen LogP contribution in [-0.4, -0.2) is 66.8 Å². The van der Waals surface area contributed by atoms with Crippen LogP contribution in [-0.2, 0) is 9.47 Å². The molecule has 0 heterocycles. The normalized spacial score (nSPS) is 16.2. The molecule has 0 N–H and O–H groups in total. The maximum atomic E-state index is 12.8. The summed E-state index contributed by atoms with van der Waals surface area (Å²) >= 11 is 2.16. The molecule has 0 unspecified atom stereocenters. The van der Waals surface area contributed by atoms with Crippen molar-refractivity contribution in [2.45, 2.75) is 55.2 Å². The molecule has 0 fully saturated rings. The molecular weight excluding hydrogens is 610 g/mol. The van der Waals surface area contributed by atoms with E-state index in [0.29, 0.717) is 0 Å². The van der Waals surface area contributed by atoms with Gasteiger partial charge in [0.05, 0.1) is 13.2 Å². The van der Waals surface area contributed by atoms with E-state index in [2.05, 4.69) is 25.4 Å². The molecule has 0 saturated heterocycles. The van der Waals surface area contributed by atoms with Crippen molar-refractivity contribution in [1.29, 1.82) is 0 Å². The Morgan fingerprint density at radius 3 is 0.735 bits per heavy atom. The average molecular weight is 619 g/mol. The first kappa shape index (κ1) is 33.1. The third-order valence-corrected chi connectivity index (χ3v) is 5.35. The summed E-state index contributed by atoms with van der Waals surface area (Å²) in [6.07, 6.45) is -44.0. The number of hydrogen-bond acceptors (Lipinski definition) is 2. The van der Waals surface area contributed by atoms with Gasteiger partial charge in [0.15, 0.2) is 0 Å². The van der Waals surface area contributed by atoms with Crippen LogP contribution in [0.3, 0.4) is 0 Å². The van der Waals surface area contributed by atoms with E-state index in [1.54, 1.807) is 0 Å². The van der Waals surface area contributed by atoms with Crippen LogP contribution in [0, 0.1) is 5.41 Å². The summed E-state index contributed by atoms with van der Waals surface area (Å²) in [6.45, 7) is -5.15. The van der Waals surface area contributed by atoms with Crippen molar-refractivity contribution < 1.29 is 88.5 Å². The zero-order valence-corrected chi connectivity index (χ0v) is 17.2. The van der Waals surface area contributed by atoms with Gasteiger partial charge in [-0.25, -0.2) is 0 Å². The minimum absolute atomic E-state index is 0.101. The number of hydrogen-bond donors (Lipinski definition) is 0. The molecule has 0 aromatic heterocycles. The van der Waals surface area contributed by atoms with Gasteiger partial charge in [0.25, 0.3) is 0 Å². The summed E-state index contributed by atoms with van der Waals surface area (Å²) in [6, 6.07) is 0. The number of alkyl halides is 19. The fourth-order valence-electron chi connectivity index (χ4n) is 2.14. The maximum Gasteiger partial charge on any atom is 0.435 e. The Labute approximate surface area is 184 Å². The SMILES string of the molecule is CC(CBr)(COC(C(F)(F)F)(C(F)(F)F)C(F)(F)F)COC(C(F)(F)F)(C(F)(F)F)C(F)(F)F. The van der Waals surface area contributed by atoms with Gasteiger partial charge in [-0.05, 0) is 0 Å². The molecule has 0 spiro atoms. The molecule has 0 saturated carbocycles. The molecular formula is C13H9BrF18O2. The molecule has 0 rings (SSSR count). The first-order valence-electron chi connectivity index (χ1n) is 7.72. The van der Waals surface area contributed by atoms with Crippen molar-refractivity contribution in [2.75, 3.05) is 18.5 Å². The Balaban J connectivity index is 6.46. The molecule has 0 bridgehead atoms. The summed E-state index contributed by atoms with van der Waals surface area (Å²) in [5.41, 5.74) is -17.2. The molecule has 0 atom stereocenters. The summed E-state index contributed by atoms with van der Waals surface area (Å²) < 4.78 is 237. The second-order valence-corrected chi connectivity index (χ2v) is 7.43. The molecule has 206 valence electrons. The molecule has 0 aromatic carbocycles. The maximum absolute atomic E-state index is 12.8. The van der Waals surface area contributed by atoms with E-state index in [1.165, 1.54) is 0 Å². The van der Waals surface area contributed by atoms with Crippen LogP contribution in [0.15, 0.2) is 0 Å². The van der Waals surface area contributed by atoms with Gasteiger partial charge in [0.2, 0.25) is 0 Å². The lowest BCUT2D eigenvalue weighted by atomic mass is 9.93. The van der Waals surface area contributed by atoms with Crippen molar-refractivity contribution >= 4 is 15.9 Å². The molecule has 21 heteroatoms. The second kappa shape index (κ2) is 9.22. The van der Waals surface area contributed by atoms with Crippen molar-refractivity contribution in [3.8, 4) is 0 Å². The fourth-order valence-corrected chi connectivity index (χ4v) is 2.46. The molecule has 0 aliphatic carbocycles. The summed E-state index contributed by atoms with van der Waals surface area (Å²) in [4.78, 5) is 0. The highest BCUT2D eigenvalue weighted by atomic mass is 79.9. The molecule has 0 aliphatic rings. The number of rotatable bonds is 7. The van der Waals surface area contributed by atoms with E-state index in [1.807, 2.05) is 0 Å². The quantitative estimate of drug-likeness (QED) is 0.221. The summed E-state index contributed by atoms with van der Waals surface area (Å²) in [7, 11) is 0. The van der Waals surface area contributed by atoms with Gasteiger partial charge in [-0.1, -0.05) is 22.9 Å². The van der Waals surface area contributed by atoms with Crippen LogP contribution < -0.4 is 0 Å². The van der Waals surface area contributed by atoms with E-state index < -0.39 is 72.2 Å². The average Bonchev–Trinajstić information content (AvgIpc) is 2.47. The first-order chi connectivity index (χ1) is 14.5. The number of halogens is 19. The van der Waals surface area contributed by atoms with E-state index in [4.69, 9.17) is 0 Å². The molecule has 0 aliphatic heterocycles. The minimum atomic E-state index is -7.33. The first-order valence-corrected chi connectivity index (χ1v) is 8.84. The Hall–Kier alpha value is -0.860. The van der Waals surface area contributed by atoms with Crippen molar-refractivity contribution in [1.82, 2.24) is 0 Å². The van der Waals surface area contributed by atoms with Crippen LogP contribution in [0.1, 0.15) is 6.92 Å². The molecule has 2 nitrogen and oxygen atoms in total. The van der Waals surface area contributed by atoms with Gasteiger partial charge >= 0.3 is 48.3 Å². The zero-order valence-electron chi connectivity index (χ0n) is 15.6. The van der Waals surface area contributed by atoms with Crippen molar-refractivity contribution in [3.63, 3.8) is 0 Å². The monoisotopic (exact) mass is 618 g/mol. The Morgan fingerprint density at radius 2 is 0.618 bits per heavy atom. The molecule has 0 radical (unpaired) electrons. The topological polar surface area (TPSA) is 18.5 Å². The van der Waals surface area contributed by atoms with Crippen LogP contribution >= 0.6 is 15.9 Å². The zero-order chi connectivity index (χ0) is 28.0. The van der Waals surface area contributed by atoms with Gasteiger partial charge < -0.3 is 9.47 Å². The van der Waals surface area contributed by atoms with Crippen LogP contribution in [0.5, 0.6) is 0 Å². The van der Waals surface area contributed by atoms with Crippen molar-refractivity contribution in [2.24, 2.45) is 5.41 Å². The molecule has 0 amide bonds. The van der Waals surface area contributed by atoms with Crippen LogP contribution in [0.25, 0.3) is 0 Å². The smallest absolute Gasteiger partial charge is 0.350 e. The molecule has 0 aromatic rings. The van der Waals surface area contributed by atoms with Gasteiger partial charge in [0, 0.05) is 10.7 Å².